The second kappa shape index (κ2) is 8.96. The van der Waals surface area contributed by atoms with Gasteiger partial charge in [0.2, 0.25) is 16.9 Å². The Morgan fingerprint density at radius 2 is 1.25 bits per heavy atom. The number of para-hydroxylation sites is 2. The van der Waals surface area contributed by atoms with Gasteiger partial charge in [-0.3, -0.25) is 4.79 Å². The highest BCUT2D eigenvalue weighted by molar-refractivity contribution is 5.86. The Hall–Kier alpha value is -5.03. The van der Waals surface area contributed by atoms with Gasteiger partial charge < -0.3 is 18.8 Å². The van der Waals surface area contributed by atoms with Gasteiger partial charge in [0, 0.05) is 17.1 Å². The molecule has 0 spiro atoms. The molecular formula is C31H21NO4. The second-order valence-electron chi connectivity index (χ2n) is 8.35. The molecular weight excluding hydrogens is 450 g/mol. The molecule has 4 aromatic carbocycles. The second-order valence-corrected chi connectivity index (χ2v) is 8.35. The molecule has 36 heavy (non-hydrogen) atoms. The number of hydrogen-bond acceptors (Lipinski definition) is 5. The van der Waals surface area contributed by atoms with Gasteiger partial charge in [-0.2, -0.15) is 0 Å². The summed E-state index contributed by atoms with van der Waals surface area (Å²) in [5.74, 6) is -0.147. The van der Waals surface area contributed by atoms with E-state index >= 15 is 0 Å². The molecule has 0 saturated carbocycles. The zero-order chi connectivity index (χ0) is 24.5. The van der Waals surface area contributed by atoms with E-state index in [1.165, 1.54) is 6.26 Å². The van der Waals surface area contributed by atoms with E-state index in [4.69, 9.17) is 8.83 Å². The van der Waals surface area contributed by atoms with Crippen LogP contribution in [0, 0.1) is 0 Å². The summed E-state index contributed by atoms with van der Waals surface area (Å²) in [6, 6.07) is 37.3. The summed E-state index contributed by atoms with van der Waals surface area (Å²) >= 11 is 0. The number of nitrogens with zero attached hydrogens (tertiary/aromatic N) is 1. The highest BCUT2D eigenvalue weighted by Gasteiger charge is 2.18. The van der Waals surface area contributed by atoms with Crippen LogP contribution in [0.3, 0.4) is 0 Å². The van der Waals surface area contributed by atoms with E-state index in [0.717, 1.165) is 28.2 Å². The van der Waals surface area contributed by atoms with Gasteiger partial charge in [-0.05, 0) is 71.8 Å². The molecule has 0 saturated heterocycles. The topological polar surface area (TPSA) is 66.8 Å². The number of rotatable bonds is 5. The molecule has 0 unspecified atom stereocenters. The van der Waals surface area contributed by atoms with Gasteiger partial charge in [-0.15, -0.1) is 0 Å². The van der Waals surface area contributed by atoms with Gasteiger partial charge in [0.05, 0.1) is 11.6 Å². The number of aromatic hydroxyl groups is 1. The Kier molecular flexibility index (Phi) is 5.35. The smallest absolute Gasteiger partial charge is 0.235 e. The number of benzene rings is 4. The fourth-order valence-corrected chi connectivity index (χ4v) is 4.34. The van der Waals surface area contributed by atoms with Crippen molar-refractivity contribution in [1.29, 1.82) is 0 Å². The van der Waals surface area contributed by atoms with Crippen LogP contribution in [-0.4, -0.2) is 5.11 Å². The van der Waals surface area contributed by atoms with Crippen molar-refractivity contribution in [2.24, 2.45) is 0 Å². The van der Waals surface area contributed by atoms with Crippen LogP contribution in [0.5, 0.6) is 5.75 Å². The SMILES string of the molecule is O=c1c(O)c(-c2ccco2)oc2cc(-c3ccc(N(c4ccccc4)c4ccccc4)cc3)ccc12. The Labute approximate surface area is 207 Å². The van der Waals surface area contributed by atoms with Crippen LogP contribution in [0.15, 0.2) is 135 Å². The third-order valence-electron chi connectivity index (χ3n) is 6.10. The Balaban J connectivity index is 1.41. The van der Waals surface area contributed by atoms with Crippen molar-refractivity contribution in [2.75, 3.05) is 4.90 Å². The minimum absolute atomic E-state index is 0.0198. The number of anilines is 3. The molecule has 2 aromatic heterocycles. The molecule has 0 aliphatic rings. The van der Waals surface area contributed by atoms with Crippen molar-refractivity contribution in [3.63, 3.8) is 0 Å². The Bertz CT molecular complexity index is 1650. The maximum Gasteiger partial charge on any atom is 0.235 e. The lowest BCUT2D eigenvalue weighted by atomic mass is 10.0. The summed E-state index contributed by atoms with van der Waals surface area (Å²) in [7, 11) is 0. The average Bonchev–Trinajstić information content (AvgIpc) is 3.47. The molecule has 5 heteroatoms. The minimum atomic E-state index is -0.495. The van der Waals surface area contributed by atoms with Crippen LogP contribution in [0.1, 0.15) is 0 Å². The lowest BCUT2D eigenvalue weighted by molar-refractivity contribution is 0.439. The van der Waals surface area contributed by atoms with E-state index in [-0.39, 0.29) is 5.76 Å². The van der Waals surface area contributed by atoms with Gasteiger partial charge >= 0.3 is 0 Å². The van der Waals surface area contributed by atoms with Gasteiger partial charge in [-0.1, -0.05) is 54.6 Å². The van der Waals surface area contributed by atoms with Gasteiger partial charge in [0.15, 0.2) is 5.76 Å². The molecule has 0 bridgehead atoms. The predicted octanol–water partition coefficient (Wildman–Crippen LogP) is 7.90. The molecule has 0 aliphatic carbocycles. The van der Waals surface area contributed by atoms with Crippen LogP contribution in [0.2, 0.25) is 0 Å². The van der Waals surface area contributed by atoms with E-state index in [9.17, 15) is 9.90 Å². The maximum absolute atomic E-state index is 12.7. The lowest BCUT2D eigenvalue weighted by Crippen LogP contribution is -2.09. The largest absolute Gasteiger partial charge is 0.501 e. The standard InChI is InChI=1S/C31H21NO4/c33-29-26-18-15-22(20-28(26)36-31(30(29)34)27-12-7-19-35-27)21-13-16-25(17-14-21)32(23-8-3-1-4-9-23)24-10-5-2-6-11-24/h1-20,34H. The molecule has 6 aromatic rings. The number of furan rings is 1. The van der Waals surface area contributed by atoms with Gasteiger partial charge in [0.1, 0.15) is 5.58 Å². The molecule has 174 valence electrons. The zero-order valence-electron chi connectivity index (χ0n) is 19.2. The highest BCUT2D eigenvalue weighted by atomic mass is 16.4. The summed E-state index contributed by atoms with van der Waals surface area (Å²) in [5, 5.41) is 10.7. The number of fused-ring (bicyclic) bond motifs is 1. The normalized spacial score (nSPS) is 11.0. The molecule has 0 aliphatic heterocycles. The number of hydrogen-bond donors (Lipinski definition) is 1. The summed E-state index contributed by atoms with van der Waals surface area (Å²) in [4.78, 5) is 14.9. The third-order valence-corrected chi connectivity index (χ3v) is 6.10. The molecule has 1 N–H and O–H groups in total. The summed E-state index contributed by atoms with van der Waals surface area (Å²) in [6.07, 6.45) is 1.46. The van der Waals surface area contributed by atoms with Gasteiger partial charge in [-0.25, -0.2) is 0 Å². The van der Waals surface area contributed by atoms with Crippen LogP contribution in [0.4, 0.5) is 17.1 Å². The molecule has 0 radical (unpaired) electrons. The van der Waals surface area contributed by atoms with Crippen molar-refractivity contribution in [1.82, 2.24) is 0 Å². The van der Waals surface area contributed by atoms with Crippen molar-refractivity contribution >= 4 is 28.0 Å². The van der Waals surface area contributed by atoms with Crippen LogP contribution in [-0.2, 0) is 0 Å². The fraction of sp³-hybridized carbons (Fsp3) is 0. The van der Waals surface area contributed by atoms with E-state index in [0.29, 0.717) is 16.7 Å². The maximum atomic E-state index is 12.7. The predicted molar refractivity (Wildman–Crippen MR) is 142 cm³/mol. The zero-order valence-corrected chi connectivity index (χ0v) is 19.2. The van der Waals surface area contributed by atoms with Crippen molar-refractivity contribution in [2.45, 2.75) is 0 Å². The molecule has 6 rings (SSSR count). The van der Waals surface area contributed by atoms with Gasteiger partial charge in [0.25, 0.3) is 0 Å². The third kappa shape index (κ3) is 3.83. The van der Waals surface area contributed by atoms with E-state index in [2.05, 4.69) is 41.3 Å². The molecule has 0 fully saturated rings. The highest BCUT2D eigenvalue weighted by Crippen LogP contribution is 2.36. The van der Waals surface area contributed by atoms with E-state index in [1.54, 1.807) is 18.2 Å². The summed E-state index contributed by atoms with van der Waals surface area (Å²) in [5.41, 5.74) is 4.89. The monoisotopic (exact) mass is 471 g/mol. The first-order valence-corrected chi connectivity index (χ1v) is 11.5. The minimum Gasteiger partial charge on any atom is -0.501 e. The van der Waals surface area contributed by atoms with E-state index < -0.39 is 11.2 Å². The Morgan fingerprint density at radius 3 is 1.86 bits per heavy atom. The molecule has 5 nitrogen and oxygen atoms in total. The molecule has 2 heterocycles. The first-order valence-electron chi connectivity index (χ1n) is 11.5. The van der Waals surface area contributed by atoms with Crippen LogP contribution < -0.4 is 10.3 Å². The first-order chi connectivity index (χ1) is 17.7. The fourth-order valence-electron chi connectivity index (χ4n) is 4.34. The first kappa shape index (κ1) is 21.5. The van der Waals surface area contributed by atoms with Crippen LogP contribution in [0.25, 0.3) is 33.6 Å². The lowest BCUT2D eigenvalue weighted by Gasteiger charge is -2.25. The van der Waals surface area contributed by atoms with Crippen molar-refractivity contribution in [3.8, 4) is 28.4 Å². The quantitative estimate of drug-likeness (QED) is 0.277. The summed E-state index contributed by atoms with van der Waals surface area (Å²) < 4.78 is 11.2. The molecule has 0 amide bonds. The van der Waals surface area contributed by atoms with Crippen molar-refractivity contribution in [3.05, 3.63) is 132 Å². The Morgan fingerprint density at radius 1 is 0.639 bits per heavy atom. The van der Waals surface area contributed by atoms with E-state index in [1.807, 2.05) is 60.7 Å². The molecule has 0 atom stereocenters. The summed E-state index contributed by atoms with van der Waals surface area (Å²) in [6.45, 7) is 0. The van der Waals surface area contributed by atoms with Crippen molar-refractivity contribution < 1.29 is 13.9 Å². The van der Waals surface area contributed by atoms with Crippen LogP contribution >= 0.6 is 0 Å². The average molecular weight is 472 g/mol.